The second kappa shape index (κ2) is 8.12. The summed E-state index contributed by atoms with van der Waals surface area (Å²) in [6.07, 6.45) is -0.470. The number of rotatable bonds is 3. The van der Waals surface area contributed by atoms with Crippen LogP contribution in [0.4, 0.5) is 5.69 Å². The van der Waals surface area contributed by atoms with E-state index < -0.39 is 6.10 Å². The van der Waals surface area contributed by atoms with Crippen molar-refractivity contribution in [3.63, 3.8) is 0 Å². The quantitative estimate of drug-likeness (QED) is 0.870. The van der Waals surface area contributed by atoms with Crippen molar-refractivity contribution in [3.8, 4) is 0 Å². The Labute approximate surface area is 136 Å². The van der Waals surface area contributed by atoms with Crippen molar-refractivity contribution in [2.24, 2.45) is 0 Å². The van der Waals surface area contributed by atoms with Gasteiger partial charge in [0.2, 0.25) is 0 Å². The molecule has 1 heterocycles. The number of amides is 2. The molecular formula is C15H22ClN3O3. The van der Waals surface area contributed by atoms with Gasteiger partial charge in [-0.3, -0.25) is 9.59 Å². The van der Waals surface area contributed by atoms with Crippen molar-refractivity contribution in [1.29, 1.82) is 0 Å². The van der Waals surface area contributed by atoms with E-state index in [0.717, 1.165) is 12.1 Å². The van der Waals surface area contributed by atoms with Crippen molar-refractivity contribution >= 4 is 29.9 Å². The Bertz CT molecular complexity index is 543. The maximum atomic E-state index is 12.1. The highest BCUT2D eigenvalue weighted by Crippen LogP contribution is 2.17. The molecule has 1 atom stereocenters. The third kappa shape index (κ3) is 4.43. The van der Waals surface area contributed by atoms with Gasteiger partial charge in [0.05, 0.1) is 6.61 Å². The second-order valence-corrected chi connectivity index (χ2v) is 5.28. The smallest absolute Gasteiger partial charge is 0.254 e. The summed E-state index contributed by atoms with van der Waals surface area (Å²) in [5.74, 6) is -0.224. The molecule has 2 rings (SSSR count). The number of halogens is 1. The van der Waals surface area contributed by atoms with E-state index in [1.807, 2.05) is 6.92 Å². The molecule has 0 bridgehead atoms. The topological polar surface area (TPSA) is 70.7 Å². The Hall–Kier alpha value is -1.63. The zero-order valence-electron chi connectivity index (χ0n) is 13.0. The zero-order chi connectivity index (χ0) is 15.4. The molecule has 1 aromatic carbocycles. The van der Waals surface area contributed by atoms with Crippen molar-refractivity contribution in [3.05, 3.63) is 29.3 Å². The second-order valence-electron chi connectivity index (χ2n) is 5.28. The number of morpholine rings is 1. The lowest BCUT2D eigenvalue weighted by atomic mass is 10.1. The largest absolute Gasteiger partial charge is 0.366 e. The maximum absolute atomic E-state index is 12.1. The number of hydrogen-bond acceptors (Lipinski definition) is 4. The Kier molecular flexibility index (Phi) is 6.80. The number of benzene rings is 1. The van der Waals surface area contributed by atoms with Crippen LogP contribution in [0.5, 0.6) is 0 Å². The minimum Gasteiger partial charge on any atom is -0.366 e. The highest BCUT2D eigenvalue weighted by molar-refractivity contribution is 5.98. The fourth-order valence-corrected chi connectivity index (χ4v) is 2.18. The van der Waals surface area contributed by atoms with Crippen molar-refractivity contribution in [2.45, 2.75) is 13.0 Å². The van der Waals surface area contributed by atoms with Crippen LogP contribution in [-0.2, 0) is 9.53 Å². The number of carbonyl (C=O) groups is 2. The lowest BCUT2D eigenvalue weighted by Crippen LogP contribution is -2.45. The van der Waals surface area contributed by atoms with E-state index in [0.29, 0.717) is 24.4 Å². The van der Waals surface area contributed by atoms with Crippen LogP contribution in [0.2, 0.25) is 0 Å². The lowest BCUT2D eigenvalue weighted by molar-refractivity contribution is -0.128. The zero-order valence-corrected chi connectivity index (χ0v) is 13.8. The molecule has 1 aliphatic heterocycles. The fraction of sp³-hybridized carbons (Fsp3) is 0.467. The van der Waals surface area contributed by atoms with E-state index in [-0.39, 0.29) is 24.2 Å². The number of hydrogen-bond donors (Lipinski definition) is 2. The molecule has 7 heteroatoms. The molecule has 1 aliphatic rings. The van der Waals surface area contributed by atoms with Crippen LogP contribution in [0.1, 0.15) is 15.9 Å². The third-order valence-electron chi connectivity index (χ3n) is 3.35. The predicted molar refractivity (Wildman–Crippen MR) is 87.7 cm³/mol. The standard InChI is InChI=1S/C15H21N3O3.ClH/c1-10-8-11(4-5-12(10)15(20)18(2)3)17-14(19)13-9-16-6-7-21-13;/h4-5,8,13,16H,6-7,9H2,1-3H3,(H,17,19);1H. The first-order chi connectivity index (χ1) is 9.99. The van der Waals surface area contributed by atoms with E-state index in [1.54, 1.807) is 32.3 Å². The van der Waals surface area contributed by atoms with Crippen molar-refractivity contribution in [1.82, 2.24) is 10.2 Å². The van der Waals surface area contributed by atoms with Gasteiger partial charge in [-0.25, -0.2) is 0 Å². The van der Waals surface area contributed by atoms with Crippen LogP contribution < -0.4 is 10.6 Å². The van der Waals surface area contributed by atoms with Gasteiger partial charge in [0.25, 0.3) is 11.8 Å². The summed E-state index contributed by atoms with van der Waals surface area (Å²) in [6.45, 7) is 3.67. The molecule has 0 spiro atoms. The monoisotopic (exact) mass is 327 g/mol. The lowest BCUT2D eigenvalue weighted by Gasteiger charge is -2.23. The Morgan fingerprint density at radius 3 is 2.64 bits per heavy atom. The van der Waals surface area contributed by atoms with E-state index in [2.05, 4.69) is 10.6 Å². The van der Waals surface area contributed by atoms with Gasteiger partial charge in [-0.2, -0.15) is 0 Å². The predicted octanol–water partition coefficient (Wildman–Crippen LogP) is 1.05. The number of nitrogens with one attached hydrogen (secondary N) is 2. The van der Waals surface area contributed by atoms with Crippen molar-refractivity contribution in [2.75, 3.05) is 39.1 Å². The minimum absolute atomic E-state index is 0. The van der Waals surface area contributed by atoms with Gasteiger partial charge in [-0.15, -0.1) is 12.4 Å². The van der Waals surface area contributed by atoms with E-state index in [4.69, 9.17) is 4.74 Å². The fourth-order valence-electron chi connectivity index (χ4n) is 2.18. The van der Waals surface area contributed by atoms with Crippen LogP contribution in [-0.4, -0.2) is 56.6 Å². The first kappa shape index (κ1) is 18.4. The normalized spacial score (nSPS) is 17.3. The number of nitrogens with zero attached hydrogens (tertiary/aromatic N) is 1. The molecule has 0 radical (unpaired) electrons. The summed E-state index contributed by atoms with van der Waals surface area (Å²) >= 11 is 0. The molecule has 0 aliphatic carbocycles. The van der Waals surface area contributed by atoms with Gasteiger partial charge in [0.15, 0.2) is 0 Å². The van der Waals surface area contributed by atoms with Crippen LogP contribution in [0.3, 0.4) is 0 Å². The molecule has 1 saturated heterocycles. The number of aryl methyl sites for hydroxylation is 1. The molecule has 2 amide bonds. The van der Waals surface area contributed by atoms with Crippen LogP contribution in [0.15, 0.2) is 18.2 Å². The van der Waals surface area contributed by atoms with Gasteiger partial charge in [0, 0.05) is 38.4 Å². The molecule has 0 aromatic heterocycles. The minimum atomic E-state index is -0.470. The third-order valence-corrected chi connectivity index (χ3v) is 3.35. The van der Waals surface area contributed by atoms with Crippen LogP contribution >= 0.6 is 12.4 Å². The average molecular weight is 328 g/mol. The molecule has 1 unspecified atom stereocenters. The van der Waals surface area contributed by atoms with Gasteiger partial charge in [-0.1, -0.05) is 0 Å². The van der Waals surface area contributed by atoms with Gasteiger partial charge < -0.3 is 20.3 Å². The maximum Gasteiger partial charge on any atom is 0.254 e. The van der Waals surface area contributed by atoms with Crippen molar-refractivity contribution < 1.29 is 14.3 Å². The molecular weight excluding hydrogens is 306 g/mol. The summed E-state index contributed by atoms with van der Waals surface area (Å²) in [6, 6.07) is 5.26. The Morgan fingerprint density at radius 1 is 1.36 bits per heavy atom. The van der Waals surface area contributed by atoms with Gasteiger partial charge in [-0.05, 0) is 30.7 Å². The first-order valence-corrected chi connectivity index (χ1v) is 6.94. The Balaban J connectivity index is 0.00000242. The van der Waals surface area contributed by atoms with Gasteiger partial charge in [0.1, 0.15) is 6.10 Å². The Morgan fingerprint density at radius 2 is 2.09 bits per heavy atom. The molecule has 1 fully saturated rings. The summed E-state index contributed by atoms with van der Waals surface area (Å²) in [5, 5.41) is 5.93. The average Bonchev–Trinajstić information content (AvgIpc) is 2.47. The SMILES string of the molecule is Cc1cc(NC(=O)C2CNCCO2)ccc1C(=O)N(C)C.Cl. The molecule has 0 saturated carbocycles. The number of carbonyl (C=O) groups excluding carboxylic acids is 2. The molecule has 6 nitrogen and oxygen atoms in total. The summed E-state index contributed by atoms with van der Waals surface area (Å²) in [7, 11) is 3.43. The summed E-state index contributed by atoms with van der Waals surface area (Å²) in [5.41, 5.74) is 2.13. The van der Waals surface area contributed by atoms with Gasteiger partial charge >= 0.3 is 0 Å². The van der Waals surface area contributed by atoms with E-state index in [1.165, 1.54) is 4.90 Å². The number of anilines is 1. The number of ether oxygens (including phenoxy) is 1. The van der Waals surface area contributed by atoms with Crippen LogP contribution in [0.25, 0.3) is 0 Å². The van der Waals surface area contributed by atoms with E-state index >= 15 is 0 Å². The molecule has 2 N–H and O–H groups in total. The van der Waals surface area contributed by atoms with Crippen LogP contribution in [0, 0.1) is 6.92 Å². The van der Waals surface area contributed by atoms with E-state index in [9.17, 15) is 9.59 Å². The highest BCUT2D eigenvalue weighted by atomic mass is 35.5. The highest BCUT2D eigenvalue weighted by Gasteiger charge is 2.22. The summed E-state index contributed by atoms with van der Waals surface area (Å²) in [4.78, 5) is 25.5. The summed E-state index contributed by atoms with van der Waals surface area (Å²) < 4.78 is 5.40. The first-order valence-electron chi connectivity index (χ1n) is 6.94. The molecule has 1 aromatic rings. The molecule has 122 valence electrons. The molecule has 22 heavy (non-hydrogen) atoms.